The van der Waals surface area contributed by atoms with Crippen LogP contribution in [0.4, 0.5) is 0 Å². The lowest BCUT2D eigenvalue weighted by molar-refractivity contribution is 0.374. The molecule has 0 aliphatic heterocycles. The number of aryl methyl sites for hydroxylation is 2. The number of hydrogen-bond donors (Lipinski definition) is 0. The maximum Gasteiger partial charge on any atom is 0.0437 e. The summed E-state index contributed by atoms with van der Waals surface area (Å²) in [7, 11) is 0. The van der Waals surface area contributed by atoms with Crippen molar-refractivity contribution < 1.29 is 0 Å². The second kappa shape index (κ2) is 5.42. The van der Waals surface area contributed by atoms with Crippen LogP contribution in [0.25, 0.3) is 0 Å². The van der Waals surface area contributed by atoms with Gasteiger partial charge in [0.05, 0.1) is 0 Å². The van der Waals surface area contributed by atoms with E-state index in [9.17, 15) is 0 Å². The molecule has 2 heteroatoms. The second-order valence-electron chi connectivity index (χ2n) is 5.46. The summed E-state index contributed by atoms with van der Waals surface area (Å²) in [5.74, 6) is 0. The molecule has 1 aromatic rings. The van der Waals surface area contributed by atoms with Gasteiger partial charge in [-0.25, -0.2) is 0 Å². The summed E-state index contributed by atoms with van der Waals surface area (Å²) < 4.78 is 0. The van der Waals surface area contributed by atoms with Crippen molar-refractivity contribution in [3.8, 4) is 0 Å². The molecule has 1 rings (SSSR count). The number of alkyl halides is 1. The fraction of sp³-hybridized carbons (Fsp3) is 0.571. The van der Waals surface area contributed by atoms with Crippen LogP contribution < -0.4 is 0 Å². The van der Waals surface area contributed by atoms with Crippen LogP contribution in [0.1, 0.15) is 38.3 Å². The van der Waals surface area contributed by atoms with Crippen LogP contribution in [0.5, 0.6) is 0 Å². The van der Waals surface area contributed by atoms with E-state index in [1.807, 2.05) is 13.0 Å². The lowest BCUT2D eigenvalue weighted by atomic mass is 9.88. The maximum absolute atomic E-state index is 6.34. The van der Waals surface area contributed by atoms with Crippen LogP contribution in [0.3, 0.4) is 0 Å². The highest BCUT2D eigenvalue weighted by atomic mass is 35.5. The topological polar surface area (TPSA) is 0 Å². The largest absolute Gasteiger partial charge is 0.122 e. The van der Waals surface area contributed by atoms with Crippen LogP contribution in [-0.2, 0) is 6.42 Å². The number of hydrogen-bond acceptors (Lipinski definition) is 0. The molecule has 0 nitrogen and oxygen atoms in total. The molecule has 0 aliphatic rings. The van der Waals surface area contributed by atoms with Crippen molar-refractivity contribution in [3.05, 3.63) is 34.3 Å². The summed E-state index contributed by atoms with van der Waals surface area (Å²) in [5.41, 5.74) is 2.56. The number of benzene rings is 1. The van der Waals surface area contributed by atoms with Crippen molar-refractivity contribution >= 4 is 23.2 Å². The van der Waals surface area contributed by atoms with E-state index in [1.165, 1.54) is 5.56 Å². The monoisotopic (exact) mass is 258 g/mol. The van der Waals surface area contributed by atoms with E-state index in [2.05, 4.69) is 32.9 Å². The number of rotatable bonds is 3. The minimum absolute atomic E-state index is 0.163. The Hall–Kier alpha value is -0.200. The molecule has 0 aliphatic carbocycles. The van der Waals surface area contributed by atoms with Crippen LogP contribution in [-0.4, -0.2) is 5.38 Å². The van der Waals surface area contributed by atoms with Gasteiger partial charge in [0.2, 0.25) is 0 Å². The van der Waals surface area contributed by atoms with Gasteiger partial charge in [0.15, 0.2) is 0 Å². The van der Waals surface area contributed by atoms with Crippen LogP contribution in [0, 0.1) is 12.3 Å². The van der Waals surface area contributed by atoms with Gasteiger partial charge in [-0.15, -0.1) is 11.6 Å². The Kier molecular flexibility index (Phi) is 4.70. The molecule has 90 valence electrons. The first-order valence-corrected chi connectivity index (χ1v) is 6.51. The Bertz CT molecular complexity index is 350. The molecular formula is C14H20Cl2. The highest BCUT2D eigenvalue weighted by Crippen LogP contribution is 2.28. The van der Waals surface area contributed by atoms with Gasteiger partial charge >= 0.3 is 0 Å². The summed E-state index contributed by atoms with van der Waals surface area (Å²) in [4.78, 5) is 0. The van der Waals surface area contributed by atoms with Gasteiger partial charge in [0.1, 0.15) is 0 Å². The molecule has 0 spiro atoms. The third-order valence-electron chi connectivity index (χ3n) is 2.86. The van der Waals surface area contributed by atoms with Gasteiger partial charge in [-0.3, -0.25) is 0 Å². The van der Waals surface area contributed by atoms with Crippen molar-refractivity contribution in [1.82, 2.24) is 0 Å². The Morgan fingerprint density at radius 3 is 2.38 bits per heavy atom. The summed E-state index contributed by atoms with van der Waals surface area (Å²) in [6.45, 7) is 8.54. The lowest BCUT2D eigenvalue weighted by Crippen LogP contribution is -2.21. The van der Waals surface area contributed by atoms with Gasteiger partial charge in [0, 0.05) is 10.4 Å². The predicted octanol–water partition coefficient (Wildman–Crippen LogP) is 5.23. The van der Waals surface area contributed by atoms with Crippen molar-refractivity contribution in [2.24, 2.45) is 5.41 Å². The van der Waals surface area contributed by atoms with Crippen molar-refractivity contribution in [1.29, 1.82) is 0 Å². The van der Waals surface area contributed by atoms with Gasteiger partial charge in [-0.05, 0) is 42.4 Å². The second-order valence-corrected chi connectivity index (χ2v) is 6.39. The van der Waals surface area contributed by atoms with Crippen molar-refractivity contribution in [2.45, 2.75) is 45.9 Å². The molecular weight excluding hydrogens is 239 g/mol. The molecule has 0 heterocycles. The zero-order chi connectivity index (χ0) is 12.3. The van der Waals surface area contributed by atoms with E-state index in [0.29, 0.717) is 0 Å². The van der Waals surface area contributed by atoms with Gasteiger partial charge < -0.3 is 0 Å². The quantitative estimate of drug-likeness (QED) is 0.651. The normalized spacial score (nSPS) is 13.9. The van der Waals surface area contributed by atoms with E-state index >= 15 is 0 Å². The van der Waals surface area contributed by atoms with E-state index < -0.39 is 0 Å². The molecule has 0 saturated carbocycles. The minimum atomic E-state index is 0.163. The average Bonchev–Trinajstić information content (AvgIpc) is 2.18. The third kappa shape index (κ3) is 3.99. The Labute approximate surface area is 109 Å². The van der Waals surface area contributed by atoms with Crippen LogP contribution in [0.2, 0.25) is 5.02 Å². The summed E-state index contributed by atoms with van der Waals surface area (Å²) in [6.07, 6.45) is 1.98. The first kappa shape index (κ1) is 13.9. The zero-order valence-corrected chi connectivity index (χ0v) is 12.0. The molecule has 16 heavy (non-hydrogen) atoms. The first-order chi connectivity index (χ1) is 7.30. The highest BCUT2D eigenvalue weighted by Gasteiger charge is 2.21. The molecule has 1 unspecified atom stereocenters. The third-order valence-corrected chi connectivity index (χ3v) is 4.14. The van der Waals surface area contributed by atoms with Gasteiger partial charge in [-0.2, -0.15) is 0 Å². The molecule has 0 amide bonds. The summed E-state index contributed by atoms with van der Waals surface area (Å²) in [5, 5.41) is 1.05. The molecule has 0 N–H and O–H groups in total. The maximum atomic E-state index is 6.34. The summed E-state index contributed by atoms with van der Waals surface area (Å²) >= 11 is 12.4. The Morgan fingerprint density at radius 1 is 1.25 bits per heavy atom. The standard InChI is InChI=1S/C14H20Cl2/c1-10-5-6-11(9-12(10)15)7-8-13(16)14(2,3)4/h5-6,9,13H,7-8H2,1-4H3. The molecule has 1 atom stereocenters. The first-order valence-electron chi connectivity index (χ1n) is 5.70. The molecule has 0 bridgehead atoms. The zero-order valence-electron chi connectivity index (χ0n) is 10.5. The number of halogens is 2. The average molecular weight is 259 g/mol. The van der Waals surface area contributed by atoms with E-state index in [-0.39, 0.29) is 10.8 Å². The minimum Gasteiger partial charge on any atom is -0.122 e. The molecule has 0 aromatic heterocycles. The van der Waals surface area contributed by atoms with Crippen molar-refractivity contribution in [3.63, 3.8) is 0 Å². The van der Waals surface area contributed by atoms with Crippen LogP contribution >= 0.6 is 23.2 Å². The summed E-state index contributed by atoms with van der Waals surface area (Å²) in [6, 6.07) is 6.24. The smallest absolute Gasteiger partial charge is 0.0437 e. The fourth-order valence-corrected chi connectivity index (χ4v) is 1.83. The van der Waals surface area contributed by atoms with Gasteiger partial charge in [0.25, 0.3) is 0 Å². The Morgan fingerprint density at radius 2 is 1.88 bits per heavy atom. The van der Waals surface area contributed by atoms with E-state index in [4.69, 9.17) is 23.2 Å². The molecule has 0 saturated heterocycles. The highest BCUT2D eigenvalue weighted by molar-refractivity contribution is 6.31. The van der Waals surface area contributed by atoms with Crippen molar-refractivity contribution in [2.75, 3.05) is 0 Å². The molecule has 0 fully saturated rings. The van der Waals surface area contributed by atoms with E-state index in [0.717, 1.165) is 23.4 Å². The predicted molar refractivity (Wildman–Crippen MR) is 73.6 cm³/mol. The molecule has 0 radical (unpaired) electrons. The Balaban J connectivity index is 2.58. The lowest BCUT2D eigenvalue weighted by Gasteiger charge is -2.25. The fourth-order valence-electron chi connectivity index (χ4n) is 1.52. The SMILES string of the molecule is Cc1ccc(CCC(Cl)C(C)(C)C)cc1Cl. The van der Waals surface area contributed by atoms with Crippen LogP contribution in [0.15, 0.2) is 18.2 Å². The molecule has 1 aromatic carbocycles. The van der Waals surface area contributed by atoms with E-state index in [1.54, 1.807) is 0 Å². The van der Waals surface area contributed by atoms with Gasteiger partial charge in [-0.1, -0.05) is 44.5 Å².